The molecule has 1 aromatic rings. The van der Waals surface area contributed by atoms with Gasteiger partial charge in [0.15, 0.2) is 0 Å². The van der Waals surface area contributed by atoms with Crippen molar-refractivity contribution < 1.29 is 14.2 Å². The van der Waals surface area contributed by atoms with Gasteiger partial charge in [-0.3, -0.25) is 9.69 Å². The van der Waals surface area contributed by atoms with E-state index < -0.39 is 5.60 Å². The predicted molar refractivity (Wildman–Crippen MR) is 176 cm³/mol. The van der Waals surface area contributed by atoms with Gasteiger partial charge < -0.3 is 14.3 Å². The van der Waals surface area contributed by atoms with E-state index in [0.29, 0.717) is 18.0 Å². The van der Waals surface area contributed by atoms with Crippen LogP contribution in [0.15, 0.2) is 18.2 Å². The van der Waals surface area contributed by atoms with Gasteiger partial charge in [-0.15, -0.1) is 0 Å². The number of nitrogens with zero attached hydrogens (tertiary/aromatic N) is 2. The van der Waals surface area contributed by atoms with Gasteiger partial charge in [0.05, 0.1) is 30.3 Å². The molecular weight excluding hydrogens is 527 g/mol. The van der Waals surface area contributed by atoms with Crippen molar-refractivity contribution in [2.24, 2.45) is 5.92 Å². The molecule has 1 spiro atoms. The number of rotatable bonds is 11. The lowest BCUT2D eigenvalue weighted by atomic mass is 9.72. The highest BCUT2D eigenvalue weighted by atomic mass is 32.1. The molecule has 0 bridgehead atoms. The monoisotopic (exact) mass is 583 g/mol. The first-order chi connectivity index (χ1) is 19.5. The van der Waals surface area contributed by atoms with Crippen molar-refractivity contribution in [3.05, 3.63) is 23.8 Å². The minimum atomic E-state index is -0.424. The number of ether oxygens (including phenoxy) is 1. The van der Waals surface area contributed by atoms with Gasteiger partial charge in [0.1, 0.15) is 0 Å². The van der Waals surface area contributed by atoms with Crippen LogP contribution >= 0.6 is 12.6 Å². The summed E-state index contributed by atoms with van der Waals surface area (Å²) in [4.78, 5) is 18.8. The number of thiol groups is 1. The van der Waals surface area contributed by atoms with E-state index in [0.717, 1.165) is 69.1 Å². The Morgan fingerprint density at radius 2 is 1.63 bits per heavy atom. The summed E-state index contributed by atoms with van der Waals surface area (Å²) in [5.41, 5.74) is 2.55. The van der Waals surface area contributed by atoms with Crippen LogP contribution in [0.2, 0.25) is 0 Å². The zero-order valence-electron chi connectivity index (χ0n) is 27.0. The molecule has 3 heterocycles. The molecular formula is C34H56BN2O3S. The second-order valence-electron chi connectivity index (χ2n) is 14.0. The third-order valence-corrected chi connectivity index (χ3v) is 11.1. The molecule has 7 heteroatoms. The van der Waals surface area contributed by atoms with Crippen LogP contribution < -0.4 is 10.4 Å². The molecule has 41 heavy (non-hydrogen) atoms. The fourth-order valence-electron chi connectivity index (χ4n) is 6.51. The molecule has 1 amide bonds. The Balaban J connectivity index is 0.000000493. The second kappa shape index (κ2) is 13.7. The molecule has 1 aliphatic carbocycles. The van der Waals surface area contributed by atoms with Gasteiger partial charge in [0.25, 0.3) is 0 Å². The highest BCUT2D eigenvalue weighted by Crippen LogP contribution is 2.51. The van der Waals surface area contributed by atoms with E-state index in [2.05, 4.69) is 76.5 Å². The van der Waals surface area contributed by atoms with Gasteiger partial charge in [-0.2, -0.15) is 12.6 Å². The van der Waals surface area contributed by atoms with E-state index in [4.69, 9.17) is 22.0 Å². The van der Waals surface area contributed by atoms with Crippen LogP contribution in [-0.4, -0.2) is 67.0 Å². The summed E-state index contributed by atoms with van der Waals surface area (Å²) in [5.74, 6) is 1.08. The van der Waals surface area contributed by atoms with E-state index in [1.807, 2.05) is 7.48 Å². The standard InChI is InChI=1S/C27H40BN2O3S.C7H16/c1-6-18-13-20(14-18)30-23-15-19(28-33-25(2,3)26(4,5)34)7-8-22(23)27(24(30)31)9-11-29(12-10-27)21-16-32-17-21;1-3-5-7-6-4-2/h7-8,15,18,20-21,34H,6,9-14,16-17H2,1-5H3;3-7H2,1-2H3. The normalized spacial score (nSPS) is 24.4. The molecule has 1 saturated carbocycles. The number of fused-ring (bicyclic) bond motifs is 2. The molecule has 0 unspecified atom stereocenters. The second-order valence-corrected chi connectivity index (χ2v) is 15.1. The van der Waals surface area contributed by atoms with Crippen molar-refractivity contribution in [3.8, 4) is 0 Å². The van der Waals surface area contributed by atoms with Crippen LogP contribution in [0.4, 0.5) is 5.69 Å². The molecule has 0 atom stereocenters. The first-order valence-electron chi connectivity index (χ1n) is 16.5. The minimum absolute atomic E-state index is 0.285. The fourth-order valence-corrected chi connectivity index (χ4v) is 6.57. The Labute approximate surface area is 257 Å². The van der Waals surface area contributed by atoms with E-state index in [-0.39, 0.29) is 10.2 Å². The predicted octanol–water partition coefficient (Wildman–Crippen LogP) is 6.68. The first-order valence-corrected chi connectivity index (χ1v) is 17.0. The summed E-state index contributed by atoms with van der Waals surface area (Å²) in [7, 11) is 1.85. The maximum atomic E-state index is 14.1. The van der Waals surface area contributed by atoms with Crippen molar-refractivity contribution in [2.45, 2.75) is 141 Å². The number of carbonyl (C=O) groups excluding carboxylic acids is 1. The summed E-state index contributed by atoms with van der Waals surface area (Å²) in [6.45, 7) is 18.6. The quantitative estimate of drug-likeness (QED) is 0.179. The number of anilines is 1. The van der Waals surface area contributed by atoms with Gasteiger partial charge in [-0.05, 0) is 84.0 Å². The molecule has 0 aromatic heterocycles. The number of unbranched alkanes of at least 4 members (excludes halogenated alkanes) is 4. The molecule has 3 fully saturated rings. The number of likely N-dealkylation sites (tertiary alicyclic amines) is 1. The Morgan fingerprint density at radius 1 is 1.00 bits per heavy atom. The van der Waals surface area contributed by atoms with Crippen molar-refractivity contribution in [2.75, 3.05) is 31.2 Å². The molecule has 1 radical (unpaired) electrons. The smallest absolute Gasteiger partial charge is 0.330 e. The number of benzene rings is 1. The van der Waals surface area contributed by atoms with Gasteiger partial charge in [-0.25, -0.2) is 0 Å². The minimum Gasteiger partial charge on any atom is -0.428 e. The Hall–Kier alpha value is -1.02. The number of amides is 1. The highest BCUT2D eigenvalue weighted by Gasteiger charge is 2.55. The molecule has 2 saturated heterocycles. The Morgan fingerprint density at radius 3 is 2.15 bits per heavy atom. The summed E-state index contributed by atoms with van der Waals surface area (Å²) in [6.07, 6.45) is 12.2. The average Bonchev–Trinajstić information content (AvgIpc) is 3.10. The van der Waals surface area contributed by atoms with Gasteiger partial charge in [0, 0.05) is 16.5 Å². The number of piperidine rings is 1. The van der Waals surface area contributed by atoms with Crippen molar-refractivity contribution in [3.63, 3.8) is 0 Å². The number of hydrogen-bond donors (Lipinski definition) is 1. The van der Waals surface area contributed by atoms with Crippen LogP contribution in [0.5, 0.6) is 0 Å². The number of hydrogen-bond acceptors (Lipinski definition) is 5. The fraction of sp³-hybridized carbons (Fsp3) is 0.794. The lowest BCUT2D eigenvalue weighted by molar-refractivity contribution is -0.128. The van der Waals surface area contributed by atoms with Crippen LogP contribution in [0, 0.1) is 5.92 Å². The van der Waals surface area contributed by atoms with E-state index in [1.165, 1.54) is 44.1 Å². The van der Waals surface area contributed by atoms with Crippen LogP contribution in [0.1, 0.15) is 118 Å². The van der Waals surface area contributed by atoms with Crippen molar-refractivity contribution in [1.29, 1.82) is 0 Å². The van der Waals surface area contributed by atoms with Crippen LogP contribution in [0.3, 0.4) is 0 Å². The molecule has 229 valence electrons. The molecule has 3 aliphatic heterocycles. The first kappa shape index (κ1) is 32.9. The Bertz CT molecular complexity index is 1000. The van der Waals surface area contributed by atoms with Gasteiger partial charge in [0.2, 0.25) is 5.91 Å². The Kier molecular flexibility index (Phi) is 11.0. The summed E-state index contributed by atoms with van der Waals surface area (Å²) < 4.78 is 11.3. The summed E-state index contributed by atoms with van der Waals surface area (Å²) in [6, 6.07) is 7.39. The molecule has 0 N–H and O–H groups in total. The lowest BCUT2D eigenvalue weighted by Gasteiger charge is -2.45. The molecule has 4 aliphatic rings. The van der Waals surface area contributed by atoms with Crippen molar-refractivity contribution >= 4 is 37.2 Å². The third-order valence-electron chi connectivity index (χ3n) is 10.5. The van der Waals surface area contributed by atoms with Gasteiger partial charge in [-0.1, -0.05) is 76.9 Å². The van der Waals surface area contributed by atoms with E-state index in [9.17, 15) is 4.79 Å². The summed E-state index contributed by atoms with van der Waals surface area (Å²) >= 11 is 4.73. The zero-order valence-corrected chi connectivity index (χ0v) is 27.9. The summed E-state index contributed by atoms with van der Waals surface area (Å²) in [5, 5.41) is 0. The maximum Gasteiger partial charge on any atom is 0.330 e. The van der Waals surface area contributed by atoms with Crippen LogP contribution in [-0.2, 0) is 19.6 Å². The average molecular weight is 584 g/mol. The van der Waals surface area contributed by atoms with E-state index in [1.54, 1.807) is 0 Å². The van der Waals surface area contributed by atoms with Crippen molar-refractivity contribution in [1.82, 2.24) is 4.90 Å². The molecule has 5 nitrogen and oxygen atoms in total. The number of carbonyl (C=O) groups is 1. The highest BCUT2D eigenvalue weighted by molar-refractivity contribution is 7.81. The van der Waals surface area contributed by atoms with Crippen LogP contribution in [0.25, 0.3) is 0 Å². The SMILES string of the molecule is CCC1CC(N2C(=O)C3(CCN(C4COC4)CC3)c3ccc([B]OC(C)(C)C(C)(C)S)cc32)C1.CCCCCCC. The maximum absolute atomic E-state index is 14.1. The van der Waals surface area contributed by atoms with Gasteiger partial charge >= 0.3 is 7.48 Å². The molecule has 5 rings (SSSR count). The van der Waals surface area contributed by atoms with E-state index >= 15 is 0 Å². The third kappa shape index (κ3) is 7.05. The topological polar surface area (TPSA) is 42.0 Å². The molecule has 1 aromatic carbocycles. The lowest BCUT2D eigenvalue weighted by Crippen LogP contribution is -2.57. The largest absolute Gasteiger partial charge is 0.428 e. The zero-order chi connectivity index (χ0) is 29.8.